The first kappa shape index (κ1) is 13.7. The third kappa shape index (κ3) is 2.98. The molecule has 2 rings (SSSR count). The molecule has 2 atom stereocenters. The lowest BCUT2D eigenvalue weighted by Crippen LogP contribution is -2.35. The second-order valence-electron chi connectivity index (χ2n) is 4.65. The fourth-order valence-electron chi connectivity index (χ4n) is 2.30. The van der Waals surface area contributed by atoms with E-state index in [0.29, 0.717) is 6.54 Å². The summed E-state index contributed by atoms with van der Waals surface area (Å²) in [5, 5.41) is 4.52. The van der Waals surface area contributed by atoms with E-state index in [-0.39, 0.29) is 12.1 Å². The molecule has 0 aliphatic heterocycles. The maximum absolute atomic E-state index is 5.88. The zero-order valence-electron chi connectivity index (χ0n) is 11.2. The van der Waals surface area contributed by atoms with Crippen molar-refractivity contribution in [3.05, 3.63) is 36.1 Å². The van der Waals surface area contributed by atoms with Gasteiger partial charge in [-0.15, -0.1) is 6.42 Å². The summed E-state index contributed by atoms with van der Waals surface area (Å²) >= 11 is 0. The third-order valence-corrected chi connectivity index (χ3v) is 3.30. The van der Waals surface area contributed by atoms with Gasteiger partial charge in [-0.25, -0.2) is 0 Å². The predicted octanol–water partition coefficient (Wildman–Crippen LogP) is 2.82. The molecular formula is C16H20N2O. The number of furan rings is 1. The molecule has 100 valence electrons. The average molecular weight is 256 g/mol. The van der Waals surface area contributed by atoms with Crippen LogP contribution >= 0.6 is 0 Å². The Kier molecular flexibility index (Phi) is 4.62. The number of nitrogens with two attached hydrogens (primary N) is 1. The molecule has 0 amide bonds. The molecule has 19 heavy (non-hydrogen) atoms. The van der Waals surface area contributed by atoms with E-state index >= 15 is 0 Å². The van der Waals surface area contributed by atoms with Gasteiger partial charge in [0.2, 0.25) is 0 Å². The van der Waals surface area contributed by atoms with Crippen molar-refractivity contribution in [1.29, 1.82) is 0 Å². The van der Waals surface area contributed by atoms with Crippen molar-refractivity contribution < 1.29 is 4.42 Å². The van der Waals surface area contributed by atoms with Gasteiger partial charge in [0.15, 0.2) is 0 Å². The van der Waals surface area contributed by atoms with Gasteiger partial charge in [0.25, 0.3) is 0 Å². The van der Waals surface area contributed by atoms with Crippen molar-refractivity contribution in [2.24, 2.45) is 5.73 Å². The molecule has 0 fully saturated rings. The Morgan fingerprint density at radius 2 is 2.21 bits per heavy atom. The highest BCUT2D eigenvalue weighted by Gasteiger charge is 2.18. The van der Waals surface area contributed by atoms with Crippen molar-refractivity contribution in [1.82, 2.24) is 5.32 Å². The Morgan fingerprint density at radius 3 is 2.89 bits per heavy atom. The van der Waals surface area contributed by atoms with Gasteiger partial charge in [0.05, 0.1) is 12.3 Å². The van der Waals surface area contributed by atoms with Crippen LogP contribution in [-0.4, -0.2) is 12.6 Å². The van der Waals surface area contributed by atoms with E-state index in [4.69, 9.17) is 16.6 Å². The zero-order valence-corrected chi connectivity index (χ0v) is 11.2. The molecule has 0 bridgehead atoms. The highest BCUT2D eigenvalue weighted by atomic mass is 16.3. The highest BCUT2D eigenvalue weighted by Crippen LogP contribution is 2.26. The van der Waals surface area contributed by atoms with Crippen LogP contribution in [0.2, 0.25) is 0 Å². The van der Waals surface area contributed by atoms with Gasteiger partial charge in [-0.2, -0.15) is 0 Å². The van der Waals surface area contributed by atoms with E-state index in [1.54, 1.807) is 6.26 Å². The molecule has 0 saturated carbocycles. The summed E-state index contributed by atoms with van der Waals surface area (Å²) in [4.78, 5) is 0. The fraction of sp³-hybridized carbons (Fsp3) is 0.375. The summed E-state index contributed by atoms with van der Waals surface area (Å²) in [6, 6.07) is 8.03. The smallest absolute Gasteiger partial charge is 0.134 e. The molecule has 0 saturated heterocycles. The molecule has 3 nitrogen and oxygen atoms in total. The Bertz CT molecular complexity index is 567. The molecular weight excluding hydrogens is 236 g/mol. The molecule has 2 unspecified atom stereocenters. The highest BCUT2D eigenvalue weighted by molar-refractivity contribution is 5.81. The molecule has 0 aliphatic rings. The van der Waals surface area contributed by atoms with Gasteiger partial charge in [0, 0.05) is 23.5 Å². The molecule has 1 aromatic carbocycles. The standard InChI is InChI=1S/C16H20N2O/c1-3-7-12(4-2)18-15(10-17)14-11-19-16-9-6-5-8-13(14)16/h2,5-6,8-9,11-12,15,18H,3,7,10,17H2,1H3. The van der Waals surface area contributed by atoms with Crippen LogP contribution < -0.4 is 11.1 Å². The van der Waals surface area contributed by atoms with Crippen molar-refractivity contribution in [2.75, 3.05) is 6.54 Å². The van der Waals surface area contributed by atoms with Crippen molar-refractivity contribution in [3.8, 4) is 12.3 Å². The summed E-state index contributed by atoms with van der Waals surface area (Å²) in [6.45, 7) is 2.61. The van der Waals surface area contributed by atoms with Crippen molar-refractivity contribution >= 4 is 11.0 Å². The molecule has 3 heteroatoms. The number of hydrogen-bond acceptors (Lipinski definition) is 3. The van der Waals surface area contributed by atoms with Crippen LogP contribution in [0.15, 0.2) is 34.9 Å². The maximum atomic E-state index is 5.88. The van der Waals surface area contributed by atoms with E-state index in [0.717, 1.165) is 29.4 Å². The van der Waals surface area contributed by atoms with Gasteiger partial charge >= 0.3 is 0 Å². The van der Waals surface area contributed by atoms with Crippen LogP contribution in [-0.2, 0) is 0 Å². The van der Waals surface area contributed by atoms with Crippen molar-refractivity contribution in [3.63, 3.8) is 0 Å². The van der Waals surface area contributed by atoms with Crippen LogP contribution in [0.5, 0.6) is 0 Å². The second-order valence-corrected chi connectivity index (χ2v) is 4.65. The Labute approximate surface area is 114 Å². The van der Waals surface area contributed by atoms with Gasteiger partial charge in [0.1, 0.15) is 5.58 Å². The van der Waals surface area contributed by atoms with E-state index < -0.39 is 0 Å². The Morgan fingerprint density at radius 1 is 1.42 bits per heavy atom. The number of hydrogen-bond donors (Lipinski definition) is 2. The minimum atomic E-state index is 0.0243. The van der Waals surface area contributed by atoms with Gasteiger partial charge in [-0.3, -0.25) is 5.32 Å². The van der Waals surface area contributed by atoms with Crippen LogP contribution in [0, 0.1) is 12.3 Å². The number of nitrogens with one attached hydrogen (secondary N) is 1. The summed E-state index contributed by atoms with van der Waals surface area (Å²) in [5.41, 5.74) is 7.84. The molecule has 0 radical (unpaired) electrons. The monoisotopic (exact) mass is 256 g/mol. The van der Waals surface area contributed by atoms with E-state index in [9.17, 15) is 0 Å². The minimum absolute atomic E-state index is 0.0243. The number of fused-ring (bicyclic) bond motifs is 1. The number of rotatable bonds is 6. The SMILES string of the molecule is C#CC(CCC)NC(CN)c1coc2ccccc12. The second kappa shape index (κ2) is 6.42. The fourth-order valence-corrected chi connectivity index (χ4v) is 2.30. The lowest BCUT2D eigenvalue weighted by Gasteiger charge is -2.20. The Hall–Kier alpha value is -1.76. The average Bonchev–Trinajstić information content (AvgIpc) is 2.87. The number of benzene rings is 1. The zero-order chi connectivity index (χ0) is 13.7. The maximum Gasteiger partial charge on any atom is 0.134 e. The summed E-state index contributed by atoms with van der Waals surface area (Å²) in [6.07, 6.45) is 9.32. The quantitative estimate of drug-likeness (QED) is 0.781. The first-order valence-corrected chi connectivity index (χ1v) is 6.68. The first-order valence-electron chi connectivity index (χ1n) is 6.68. The van der Waals surface area contributed by atoms with Gasteiger partial charge in [-0.05, 0) is 12.5 Å². The lowest BCUT2D eigenvalue weighted by atomic mass is 10.0. The van der Waals surface area contributed by atoms with Crippen molar-refractivity contribution in [2.45, 2.75) is 31.8 Å². The summed E-state index contributed by atoms with van der Waals surface area (Å²) in [7, 11) is 0. The molecule has 1 aromatic heterocycles. The lowest BCUT2D eigenvalue weighted by molar-refractivity contribution is 0.472. The third-order valence-electron chi connectivity index (χ3n) is 3.30. The van der Waals surface area contributed by atoms with Crippen LogP contribution in [0.4, 0.5) is 0 Å². The van der Waals surface area contributed by atoms with E-state index in [2.05, 4.69) is 18.2 Å². The Balaban J connectivity index is 2.24. The van der Waals surface area contributed by atoms with E-state index in [1.165, 1.54) is 0 Å². The largest absolute Gasteiger partial charge is 0.464 e. The summed E-state index contributed by atoms with van der Waals surface area (Å²) < 4.78 is 5.56. The molecule has 0 spiro atoms. The van der Waals surface area contributed by atoms with Crippen LogP contribution in [0.3, 0.4) is 0 Å². The number of terminal acetylenes is 1. The first-order chi connectivity index (χ1) is 9.30. The number of para-hydroxylation sites is 1. The molecule has 2 aromatic rings. The van der Waals surface area contributed by atoms with Crippen LogP contribution in [0.1, 0.15) is 31.4 Å². The molecule has 0 aliphatic carbocycles. The normalized spacial score (nSPS) is 14.2. The topological polar surface area (TPSA) is 51.2 Å². The minimum Gasteiger partial charge on any atom is -0.464 e. The van der Waals surface area contributed by atoms with Gasteiger partial charge < -0.3 is 10.2 Å². The van der Waals surface area contributed by atoms with Gasteiger partial charge in [-0.1, -0.05) is 37.5 Å². The van der Waals surface area contributed by atoms with Crippen LogP contribution in [0.25, 0.3) is 11.0 Å². The summed E-state index contributed by atoms with van der Waals surface area (Å²) in [5.74, 6) is 2.78. The molecule has 3 N–H and O–H groups in total. The van der Waals surface area contributed by atoms with E-state index in [1.807, 2.05) is 24.3 Å². The predicted molar refractivity (Wildman–Crippen MR) is 78.7 cm³/mol. The molecule has 1 heterocycles.